The van der Waals surface area contributed by atoms with Crippen molar-refractivity contribution in [1.29, 1.82) is 0 Å². The van der Waals surface area contributed by atoms with E-state index in [0.717, 1.165) is 38.5 Å². The van der Waals surface area contributed by atoms with Crippen LogP contribution in [0.25, 0.3) is 0 Å². The summed E-state index contributed by atoms with van der Waals surface area (Å²) in [5.41, 5.74) is 0.199. The Bertz CT molecular complexity index is 851. The average molecular weight is 428 g/mol. The van der Waals surface area contributed by atoms with Gasteiger partial charge < -0.3 is 9.84 Å². The van der Waals surface area contributed by atoms with Gasteiger partial charge in [0.2, 0.25) is 0 Å². The molecule has 3 aliphatic rings. The van der Waals surface area contributed by atoms with Crippen LogP contribution in [0, 0.1) is 0 Å². The number of amides is 4. The van der Waals surface area contributed by atoms with Crippen molar-refractivity contribution in [2.45, 2.75) is 82.4 Å². The first-order valence-corrected chi connectivity index (χ1v) is 11.2. The number of hydrogen-bond acceptors (Lipinski definition) is 5. The molecule has 31 heavy (non-hydrogen) atoms. The third-order valence-electron chi connectivity index (χ3n) is 6.64. The maximum Gasteiger partial charge on any atom is 0.335 e. The van der Waals surface area contributed by atoms with E-state index in [9.17, 15) is 19.2 Å². The minimum atomic E-state index is -0.987. The van der Waals surface area contributed by atoms with Crippen LogP contribution in [0.5, 0.6) is 5.75 Å². The summed E-state index contributed by atoms with van der Waals surface area (Å²) >= 11 is 0. The summed E-state index contributed by atoms with van der Waals surface area (Å²) in [5.74, 6) is -1.76. The van der Waals surface area contributed by atoms with Crippen LogP contribution >= 0.6 is 0 Å². The minimum Gasteiger partial charge on any atom is -0.490 e. The Balaban J connectivity index is 1.35. The zero-order valence-corrected chi connectivity index (χ0v) is 17.5. The molecule has 1 saturated heterocycles. The molecule has 3 fully saturated rings. The number of carboxylic acid groups (broad SMARTS) is 1. The molecule has 1 heterocycles. The lowest BCUT2D eigenvalue weighted by molar-refractivity contribution is -0.145. The van der Waals surface area contributed by atoms with Crippen molar-refractivity contribution in [2.75, 3.05) is 0 Å². The number of rotatable bonds is 5. The van der Waals surface area contributed by atoms with Gasteiger partial charge in [0.25, 0.3) is 0 Å². The number of carboxylic acids is 1. The molecule has 166 valence electrons. The van der Waals surface area contributed by atoms with Gasteiger partial charge in [-0.1, -0.05) is 25.7 Å². The lowest BCUT2D eigenvalue weighted by Crippen LogP contribution is -2.46. The van der Waals surface area contributed by atoms with Crippen LogP contribution in [-0.2, 0) is 9.59 Å². The van der Waals surface area contributed by atoms with Crippen molar-refractivity contribution in [1.82, 2.24) is 9.80 Å². The van der Waals surface area contributed by atoms with E-state index in [-0.39, 0.29) is 23.8 Å². The zero-order valence-electron chi connectivity index (χ0n) is 17.5. The summed E-state index contributed by atoms with van der Waals surface area (Å²) in [6, 6.07) is 5.37. The van der Waals surface area contributed by atoms with E-state index < -0.39 is 23.8 Å². The number of carbonyl (C=O) groups excluding carboxylic acids is 3. The van der Waals surface area contributed by atoms with Crippen molar-refractivity contribution in [3.8, 4) is 5.75 Å². The quantitative estimate of drug-likeness (QED) is 0.437. The largest absolute Gasteiger partial charge is 0.490 e. The van der Waals surface area contributed by atoms with E-state index in [1.54, 1.807) is 12.1 Å². The molecule has 0 spiro atoms. The normalized spacial score (nSPS) is 25.6. The molecule has 0 bridgehead atoms. The van der Waals surface area contributed by atoms with E-state index in [1.165, 1.54) is 21.9 Å². The number of ether oxygens (including phenoxy) is 1. The van der Waals surface area contributed by atoms with Gasteiger partial charge in [0.1, 0.15) is 5.75 Å². The molecule has 4 rings (SSSR count). The van der Waals surface area contributed by atoms with Crippen molar-refractivity contribution in [3.63, 3.8) is 0 Å². The van der Waals surface area contributed by atoms with Gasteiger partial charge in [-0.2, -0.15) is 0 Å². The molecule has 8 heteroatoms. The number of benzene rings is 1. The molecule has 0 unspecified atom stereocenters. The van der Waals surface area contributed by atoms with Gasteiger partial charge in [0, 0.05) is 12.1 Å². The molecule has 1 aromatic carbocycles. The molecule has 2 saturated carbocycles. The number of imide groups is 2. The summed E-state index contributed by atoms with van der Waals surface area (Å²) in [6.07, 6.45) is 8.12. The maximum atomic E-state index is 13.0. The molecule has 2 aliphatic carbocycles. The summed E-state index contributed by atoms with van der Waals surface area (Å²) in [7, 11) is 0. The van der Waals surface area contributed by atoms with Crippen LogP contribution in [0.2, 0.25) is 0 Å². The van der Waals surface area contributed by atoms with Gasteiger partial charge in [-0.15, -0.1) is 0 Å². The van der Waals surface area contributed by atoms with Crippen LogP contribution in [0.4, 0.5) is 4.79 Å². The predicted molar refractivity (Wildman–Crippen MR) is 111 cm³/mol. The van der Waals surface area contributed by atoms with E-state index in [1.807, 2.05) is 0 Å². The van der Waals surface area contributed by atoms with Crippen LogP contribution in [-0.4, -0.2) is 56.9 Å². The first-order chi connectivity index (χ1) is 15.0. The van der Waals surface area contributed by atoms with Gasteiger partial charge in [0.15, 0.2) is 0 Å². The summed E-state index contributed by atoms with van der Waals surface area (Å²) in [6.45, 7) is 0. The highest BCUT2D eigenvalue weighted by molar-refractivity contribution is 6.44. The molecule has 8 nitrogen and oxygen atoms in total. The van der Waals surface area contributed by atoms with Crippen LogP contribution in [0.15, 0.2) is 24.3 Å². The van der Waals surface area contributed by atoms with Gasteiger partial charge in [-0.05, 0) is 62.8 Å². The van der Waals surface area contributed by atoms with Crippen molar-refractivity contribution >= 4 is 23.8 Å². The SMILES string of the molecule is O=C(O)c1ccc(OC2CCC(N3C(=O)C(=O)N(C4CCCCCC4)C3=O)CC2)cc1. The monoisotopic (exact) mass is 428 g/mol. The van der Waals surface area contributed by atoms with Crippen molar-refractivity contribution < 1.29 is 29.0 Å². The number of hydrogen-bond donors (Lipinski definition) is 1. The molecule has 1 N–H and O–H groups in total. The second kappa shape index (κ2) is 9.08. The summed E-state index contributed by atoms with van der Waals surface area (Å²) < 4.78 is 5.95. The Morgan fingerprint density at radius 3 is 1.81 bits per heavy atom. The van der Waals surface area contributed by atoms with Crippen LogP contribution < -0.4 is 4.74 Å². The van der Waals surface area contributed by atoms with Gasteiger partial charge in [-0.25, -0.2) is 9.59 Å². The fraction of sp³-hybridized carbons (Fsp3) is 0.565. The number of aromatic carboxylic acids is 1. The second-order valence-electron chi connectivity index (χ2n) is 8.66. The molecule has 4 amide bonds. The number of carbonyl (C=O) groups is 4. The minimum absolute atomic E-state index is 0.0756. The van der Waals surface area contributed by atoms with Gasteiger partial charge >= 0.3 is 23.8 Å². The second-order valence-corrected chi connectivity index (χ2v) is 8.66. The molecule has 0 aromatic heterocycles. The van der Waals surface area contributed by atoms with Gasteiger partial charge in [-0.3, -0.25) is 19.4 Å². The van der Waals surface area contributed by atoms with E-state index in [4.69, 9.17) is 9.84 Å². The van der Waals surface area contributed by atoms with E-state index in [2.05, 4.69) is 0 Å². The summed E-state index contributed by atoms with van der Waals surface area (Å²) in [5, 5.41) is 8.98. The van der Waals surface area contributed by atoms with E-state index in [0.29, 0.717) is 31.4 Å². The molecular weight excluding hydrogens is 400 g/mol. The fourth-order valence-corrected chi connectivity index (χ4v) is 4.95. The van der Waals surface area contributed by atoms with E-state index >= 15 is 0 Å². The van der Waals surface area contributed by atoms with Crippen molar-refractivity contribution in [3.05, 3.63) is 29.8 Å². The zero-order chi connectivity index (χ0) is 22.0. The summed E-state index contributed by atoms with van der Waals surface area (Å²) in [4.78, 5) is 51.6. The number of urea groups is 1. The highest BCUT2D eigenvalue weighted by Gasteiger charge is 2.50. The lowest BCUT2D eigenvalue weighted by Gasteiger charge is -2.33. The van der Waals surface area contributed by atoms with Crippen LogP contribution in [0.1, 0.15) is 74.6 Å². The Morgan fingerprint density at radius 2 is 1.29 bits per heavy atom. The molecule has 1 aromatic rings. The maximum absolute atomic E-state index is 13.0. The fourth-order valence-electron chi connectivity index (χ4n) is 4.95. The predicted octanol–water partition coefficient (Wildman–Crippen LogP) is 3.59. The average Bonchev–Trinajstić information content (AvgIpc) is 2.94. The Labute approximate surface area is 181 Å². The highest BCUT2D eigenvalue weighted by Crippen LogP contribution is 2.32. The highest BCUT2D eigenvalue weighted by atomic mass is 16.5. The molecule has 1 aliphatic heterocycles. The Kier molecular flexibility index (Phi) is 6.25. The number of nitrogens with zero attached hydrogens (tertiary/aromatic N) is 2. The molecular formula is C23H28N2O6. The third-order valence-corrected chi connectivity index (χ3v) is 6.64. The molecule has 0 radical (unpaired) electrons. The first kappa shape index (κ1) is 21.3. The smallest absolute Gasteiger partial charge is 0.335 e. The van der Waals surface area contributed by atoms with Crippen LogP contribution in [0.3, 0.4) is 0 Å². The Hall–Kier alpha value is -2.90. The standard InChI is InChI=1S/C23H28N2O6/c26-20-21(27)25(23(30)24(20)16-5-3-1-2-4-6-16)17-9-13-19(14-10-17)31-18-11-7-15(8-12-18)22(28)29/h7-8,11-12,16-17,19H,1-6,9-10,13-14H2,(H,28,29). The van der Waals surface area contributed by atoms with Crippen molar-refractivity contribution in [2.24, 2.45) is 0 Å². The molecule has 0 atom stereocenters. The topological polar surface area (TPSA) is 104 Å². The van der Waals surface area contributed by atoms with Gasteiger partial charge in [0.05, 0.1) is 11.7 Å². The Morgan fingerprint density at radius 1 is 0.774 bits per heavy atom. The first-order valence-electron chi connectivity index (χ1n) is 11.2. The lowest BCUT2D eigenvalue weighted by atomic mass is 9.92. The third kappa shape index (κ3) is 4.43.